The molecular weight excluding hydrogens is 306 g/mol. The van der Waals surface area contributed by atoms with Crippen molar-refractivity contribution in [2.45, 2.75) is 6.42 Å². The number of rotatable bonds is 5. The lowest BCUT2D eigenvalue weighted by Crippen LogP contribution is -2.20. The summed E-state index contributed by atoms with van der Waals surface area (Å²) in [7, 11) is 4.93. The molecule has 23 heavy (non-hydrogen) atoms. The van der Waals surface area contributed by atoms with Crippen molar-refractivity contribution in [3.05, 3.63) is 41.6 Å². The lowest BCUT2D eigenvalue weighted by molar-refractivity contribution is -0.115. The molecule has 1 aromatic carbocycles. The van der Waals surface area contributed by atoms with Crippen LogP contribution in [0.4, 0.5) is 20.3 Å². The number of nitrogens with one attached hydrogen (secondary N) is 1. The van der Waals surface area contributed by atoms with Gasteiger partial charge in [-0.1, -0.05) is 6.07 Å². The molecule has 1 aromatic heterocycles. The van der Waals surface area contributed by atoms with Gasteiger partial charge in [0, 0.05) is 20.2 Å². The highest BCUT2D eigenvalue weighted by atomic mass is 19.1. The molecule has 1 heterocycles. The molecule has 0 spiro atoms. The molecular formula is C15H16F2N4O2. The summed E-state index contributed by atoms with van der Waals surface area (Å²) in [6.07, 6.45) is 1.17. The van der Waals surface area contributed by atoms with Crippen LogP contribution in [-0.2, 0) is 11.2 Å². The lowest BCUT2D eigenvalue weighted by atomic mass is 10.1. The summed E-state index contributed by atoms with van der Waals surface area (Å²) in [4.78, 5) is 21.8. The van der Waals surface area contributed by atoms with E-state index in [1.165, 1.54) is 19.4 Å². The minimum Gasteiger partial charge on any atom is -0.467 e. The van der Waals surface area contributed by atoms with E-state index >= 15 is 0 Å². The van der Waals surface area contributed by atoms with Crippen molar-refractivity contribution in [2.75, 3.05) is 31.4 Å². The molecule has 6 nitrogen and oxygen atoms in total. The molecule has 0 aliphatic carbocycles. The first-order valence-electron chi connectivity index (χ1n) is 6.73. The number of carbonyl (C=O) groups is 1. The van der Waals surface area contributed by atoms with Crippen molar-refractivity contribution < 1.29 is 18.3 Å². The Balaban J connectivity index is 2.16. The number of aromatic nitrogens is 2. The number of halogens is 2. The second-order valence-electron chi connectivity index (χ2n) is 4.95. The van der Waals surface area contributed by atoms with Crippen LogP contribution in [-0.4, -0.2) is 37.1 Å². The van der Waals surface area contributed by atoms with Gasteiger partial charge in [-0.2, -0.15) is 4.98 Å². The molecule has 122 valence electrons. The molecule has 0 aliphatic heterocycles. The van der Waals surface area contributed by atoms with E-state index in [1.807, 2.05) is 0 Å². The molecule has 0 atom stereocenters. The quantitative estimate of drug-likeness (QED) is 0.912. The Bertz CT molecular complexity index is 723. The van der Waals surface area contributed by atoms with E-state index in [-0.39, 0.29) is 18.0 Å². The molecule has 0 saturated heterocycles. The van der Waals surface area contributed by atoms with Gasteiger partial charge in [0.1, 0.15) is 17.3 Å². The fourth-order valence-electron chi connectivity index (χ4n) is 1.92. The molecule has 1 N–H and O–H groups in total. The summed E-state index contributed by atoms with van der Waals surface area (Å²) < 4.78 is 31.4. The first-order chi connectivity index (χ1) is 10.9. The number of hydrogen-bond donors (Lipinski definition) is 1. The number of hydrogen-bond acceptors (Lipinski definition) is 5. The van der Waals surface area contributed by atoms with E-state index in [0.29, 0.717) is 11.5 Å². The number of ether oxygens (including phenoxy) is 1. The number of nitrogens with zero attached hydrogens (tertiary/aromatic N) is 3. The number of amides is 1. The van der Waals surface area contributed by atoms with Gasteiger partial charge in [-0.15, -0.1) is 0 Å². The summed E-state index contributed by atoms with van der Waals surface area (Å²) >= 11 is 0. The van der Waals surface area contributed by atoms with Gasteiger partial charge >= 0.3 is 6.01 Å². The zero-order valence-electron chi connectivity index (χ0n) is 12.9. The molecule has 0 fully saturated rings. The van der Waals surface area contributed by atoms with Gasteiger partial charge in [-0.3, -0.25) is 4.79 Å². The Hall–Kier alpha value is -2.77. The highest BCUT2D eigenvalue weighted by molar-refractivity contribution is 5.94. The number of methoxy groups -OCH3 is 1. The maximum absolute atomic E-state index is 13.6. The van der Waals surface area contributed by atoms with E-state index in [0.717, 1.165) is 12.1 Å². The predicted octanol–water partition coefficient (Wildman–Crippen LogP) is 2.01. The molecule has 0 radical (unpaired) electrons. The van der Waals surface area contributed by atoms with Crippen LogP contribution in [0.3, 0.4) is 0 Å². The zero-order valence-corrected chi connectivity index (χ0v) is 12.9. The fraction of sp³-hybridized carbons (Fsp3) is 0.267. The standard InChI is InChI=1S/C15H16F2N4O2/c1-21(2)14-12(8-18-15(20-14)23-3)19-13(22)6-9-4-5-10(16)7-11(9)17/h4-5,7-8H,6H2,1-3H3,(H,19,22). The zero-order chi connectivity index (χ0) is 17.0. The van der Waals surface area contributed by atoms with Crippen LogP contribution in [0.25, 0.3) is 0 Å². The third-order valence-corrected chi connectivity index (χ3v) is 2.99. The van der Waals surface area contributed by atoms with Crippen LogP contribution in [0, 0.1) is 11.6 Å². The topological polar surface area (TPSA) is 67.3 Å². The van der Waals surface area contributed by atoms with E-state index in [1.54, 1.807) is 19.0 Å². The van der Waals surface area contributed by atoms with E-state index in [9.17, 15) is 13.6 Å². The van der Waals surface area contributed by atoms with Crippen molar-refractivity contribution in [3.8, 4) is 6.01 Å². The Labute approximate surface area is 132 Å². The monoisotopic (exact) mass is 322 g/mol. The minimum atomic E-state index is -0.765. The predicted molar refractivity (Wildman–Crippen MR) is 81.6 cm³/mol. The number of benzene rings is 1. The van der Waals surface area contributed by atoms with E-state index in [4.69, 9.17) is 4.74 Å². The third kappa shape index (κ3) is 4.12. The van der Waals surface area contributed by atoms with Crippen molar-refractivity contribution in [1.82, 2.24) is 9.97 Å². The Morgan fingerprint density at radius 1 is 1.35 bits per heavy atom. The molecule has 0 unspecified atom stereocenters. The SMILES string of the molecule is COc1ncc(NC(=O)Cc2ccc(F)cc2F)c(N(C)C)n1. The van der Waals surface area contributed by atoms with Gasteiger partial charge in [0.15, 0.2) is 5.82 Å². The maximum atomic E-state index is 13.6. The third-order valence-electron chi connectivity index (χ3n) is 2.99. The Morgan fingerprint density at radius 2 is 2.09 bits per heavy atom. The molecule has 2 aromatic rings. The van der Waals surface area contributed by atoms with Gasteiger partial charge in [0.2, 0.25) is 5.91 Å². The van der Waals surface area contributed by atoms with Gasteiger partial charge in [0.25, 0.3) is 0 Å². The normalized spacial score (nSPS) is 10.3. The Kier molecular flexibility index (Phi) is 5.05. The molecule has 0 saturated carbocycles. The summed E-state index contributed by atoms with van der Waals surface area (Å²) in [6, 6.07) is 3.25. The summed E-state index contributed by atoms with van der Waals surface area (Å²) in [6.45, 7) is 0. The maximum Gasteiger partial charge on any atom is 0.318 e. The van der Waals surface area contributed by atoms with Crippen molar-refractivity contribution in [3.63, 3.8) is 0 Å². The Morgan fingerprint density at radius 3 is 2.70 bits per heavy atom. The highest BCUT2D eigenvalue weighted by Gasteiger charge is 2.14. The molecule has 0 bridgehead atoms. The van der Waals surface area contributed by atoms with Gasteiger partial charge < -0.3 is 15.0 Å². The van der Waals surface area contributed by atoms with Crippen molar-refractivity contribution >= 4 is 17.4 Å². The second-order valence-corrected chi connectivity index (χ2v) is 4.95. The van der Waals surface area contributed by atoms with E-state index in [2.05, 4.69) is 15.3 Å². The van der Waals surface area contributed by atoms with Gasteiger partial charge in [0.05, 0.1) is 19.7 Å². The van der Waals surface area contributed by atoms with Gasteiger partial charge in [-0.25, -0.2) is 13.8 Å². The second kappa shape index (κ2) is 6.99. The lowest BCUT2D eigenvalue weighted by Gasteiger charge is -2.16. The average Bonchev–Trinajstić information content (AvgIpc) is 2.50. The number of carbonyl (C=O) groups excluding carboxylic acids is 1. The van der Waals surface area contributed by atoms with Crippen LogP contribution in [0.15, 0.2) is 24.4 Å². The smallest absolute Gasteiger partial charge is 0.318 e. The fourth-order valence-corrected chi connectivity index (χ4v) is 1.92. The molecule has 0 aliphatic rings. The summed E-state index contributed by atoms with van der Waals surface area (Å²) in [5.74, 6) is -1.47. The van der Waals surface area contributed by atoms with Crippen LogP contribution in [0.5, 0.6) is 6.01 Å². The molecule has 1 amide bonds. The minimum absolute atomic E-state index is 0.102. The van der Waals surface area contributed by atoms with Crippen molar-refractivity contribution in [2.24, 2.45) is 0 Å². The molecule has 2 rings (SSSR count). The van der Waals surface area contributed by atoms with Gasteiger partial charge in [-0.05, 0) is 11.6 Å². The molecule has 8 heteroatoms. The van der Waals surface area contributed by atoms with Crippen LogP contribution < -0.4 is 15.0 Å². The van der Waals surface area contributed by atoms with Crippen LogP contribution in [0.1, 0.15) is 5.56 Å². The highest BCUT2D eigenvalue weighted by Crippen LogP contribution is 2.23. The average molecular weight is 322 g/mol. The number of anilines is 2. The van der Waals surface area contributed by atoms with E-state index < -0.39 is 17.5 Å². The summed E-state index contributed by atoms with van der Waals surface area (Å²) in [5, 5.41) is 2.61. The van der Waals surface area contributed by atoms with Crippen LogP contribution >= 0.6 is 0 Å². The van der Waals surface area contributed by atoms with Crippen molar-refractivity contribution in [1.29, 1.82) is 0 Å². The van der Waals surface area contributed by atoms with Crippen LogP contribution in [0.2, 0.25) is 0 Å². The summed E-state index contributed by atoms with van der Waals surface area (Å²) in [5.41, 5.74) is 0.466. The first-order valence-corrected chi connectivity index (χ1v) is 6.73. The first kappa shape index (κ1) is 16.6. The largest absolute Gasteiger partial charge is 0.467 e.